The van der Waals surface area contributed by atoms with Crippen LogP contribution in [-0.2, 0) is 0 Å². The van der Waals surface area contributed by atoms with Crippen LogP contribution in [0.15, 0.2) is 46.9 Å². The van der Waals surface area contributed by atoms with E-state index in [1.165, 1.54) is 18.2 Å². The predicted molar refractivity (Wildman–Crippen MR) is 73.5 cm³/mol. The van der Waals surface area contributed by atoms with Crippen LogP contribution in [0.5, 0.6) is 0 Å². The minimum atomic E-state index is -0.568. The molecule has 0 aliphatic heterocycles. The standard InChI is InChI=1S/C13H8BrClFNO/c14-8-5-6-10(15)12(7-8)17-13(18)9-3-1-2-4-11(9)16/h1-7H,(H,17,18). The van der Waals surface area contributed by atoms with E-state index in [1.807, 2.05) is 0 Å². The first-order chi connectivity index (χ1) is 8.58. The SMILES string of the molecule is O=C(Nc1cc(Br)ccc1Cl)c1ccccc1F. The summed E-state index contributed by atoms with van der Waals surface area (Å²) in [5, 5.41) is 2.96. The first-order valence-electron chi connectivity index (χ1n) is 5.09. The maximum absolute atomic E-state index is 13.4. The van der Waals surface area contributed by atoms with Crippen LogP contribution < -0.4 is 5.32 Å². The summed E-state index contributed by atoms with van der Waals surface area (Å²) in [6, 6.07) is 10.8. The summed E-state index contributed by atoms with van der Waals surface area (Å²) in [5.41, 5.74) is 0.410. The van der Waals surface area contributed by atoms with E-state index in [-0.39, 0.29) is 5.56 Å². The van der Waals surface area contributed by atoms with Crippen molar-refractivity contribution in [2.75, 3.05) is 5.32 Å². The Balaban J connectivity index is 2.27. The molecule has 0 aromatic heterocycles. The van der Waals surface area contributed by atoms with E-state index in [0.717, 1.165) is 4.47 Å². The Bertz CT molecular complexity index is 603. The van der Waals surface area contributed by atoms with Gasteiger partial charge in [-0.15, -0.1) is 0 Å². The molecule has 0 aliphatic carbocycles. The van der Waals surface area contributed by atoms with Gasteiger partial charge in [-0.3, -0.25) is 4.79 Å². The summed E-state index contributed by atoms with van der Waals surface area (Å²) in [6.45, 7) is 0. The summed E-state index contributed by atoms with van der Waals surface area (Å²) in [5.74, 6) is -1.10. The average molecular weight is 329 g/mol. The van der Waals surface area contributed by atoms with Crippen molar-refractivity contribution in [3.8, 4) is 0 Å². The van der Waals surface area contributed by atoms with Gasteiger partial charge in [0.15, 0.2) is 0 Å². The van der Waals surface area contributed by atoms with E-state index in [4.69, 9.17) is 11.6 Å². The van der Waals surface area contributed by atoms with E-state index >= 15 is 0 Å². The second kappa shape index (κ2) is 5.50. The normalized spacial score (nSPS) is 10.2. The summed E-state index contributed by atoms with van der Waals surface area (Å²) < 4.78 is 14.2. The van der Waals surface area contributed by atoms with Gasteiger partial charge in [0.25, 0.3) is 5.91 Å². The van der Waals surface area contributed by atoms with Crippen molar-refractivity contribution < 1.29 is 9.18 Å². The van der Waals surface area contributed by atoms with Gasteiger partial charge in [-0.2, -0.15) is 0 Å². The van der Waals surface area contributed by atoms with Crippen LogP contribution in [0.25, 0.3) is 0 Å². The number of hydrogen-bond acceptors (Lipinski definition) is 1. The van der Waals surface area contributed by atoms with Crippen molar-refractivity contribution in [3.63, 3.8) is 0 Å². The molecule has 1 N–H and O–H groups in total. The monoisotopic (exact) mass is 327 g/mol. The number of rotatable bonds is 2. The van der Waals surface area contributed by atoms with Gasteiger partial charge in [0.2, 0.25) is 0 Å². The van der Waals surface area contributed by atoms with Gasteiger partial charge in [0.05, 0.1) is 16.3 Å². The quantitative estimate of drug-likeness (QED) is 0.864. The molecule has 0 fully saturated rings. The molecule has 0 aliphatic rings. The molecule has 18 heavy (non-hydrogen) atoms. The fraction of sp³-hybridized carbons (Fsp3) is 0. The zero-order valence-corrected chi connectivity index (χ0v) is 11.4. The van der Waals surface area contributed by atoms with Crippen molar-refractivity contribution in [3.05, 3.63) is 63.3 Å². The number of anilines is 1. The van der Waals surface area contributed by atoms with Crippen LogP contribution in [0.2, 0.25) is 5.02 Å². The molecule has 0 saturated carbocycles. The first kappa shape index (κ1) is 13.1. The molecule has 0 bridgehead atoms. The Morgan fingerprint density at radius 1 is 1.22 bits per heavy atom. The highest BCUT2D eigenvalue weighted by Crippen LogP contribution is 2.26. The number of carbonyl (C=O) groups excluding carboxylic acids is 1. The molecule has 2 nitrogen and oxygen atoms in total. The van der Waals surface area contributed by atoms with Gasteiger partial charge >= 0.3 is 0 Å². The summed E-state index contributed by atoms with van der Waals surface area (Å²) in [6.07, 6.45) is 0. The number of amides is 1. The van der Waals surface area contributed by atoms with Crippen LogP contribution in [0.4, 0.5) is 10.1 Å². The second-order valence-corrected chi connectivity index (χ2v) is 4.88. The van der Waals surface area contributed by atoms with Crippen molar-refractivity contribution in [2.45, 2.75) is 0 Å². The summed E-state index contributed by atoms with van der Waals surface area (Å²) in [4.78, 5) is 11.9. The van der Waals surface area contributed by atoms with Crippen LogP contribution in [0, 0.1) is 5.82 Å². The molecule has 2 rings (SSSR count). The zero-order valence-electron chi connectivity index (χ0n) is 9.08. The largest absolute Gasteiger partial charge is 0.321 e. The van der Waals surface area contributed by atoms with E-state index in [0.29, 0.717) is 10.7 Å². The van der Waals surface area contributed by atoms with Crippen LogP contribution in [0.1, 0.15) is 10.4 Å². The molecule has 0 spiro atoms. The minimum absolute atomic E-state index is 0.0199. The predicted octanol–water partition coefficient (Wildman–Crippen LogP) is 4.49. The van der Waals surface area contributed by atoms with Gasteiger partial charge in [-0.05, 0) is 30.3 Å². The number of carbonyl (C=O) groups is 1. The van der Waals surface area contributed by atoms with Crippen LogP contribution >= 0.6 is 27.5 Å². The van der Waals surface area contributed by atoms with E-state index in [9.17, 15) is 9.18 Å². The molecular weight excluding hydrogens is 321 g/mol. The smallest absolute Gasteiger partial charge is 0.258 e. The van der Waals surface area contributed by atoms with Crippen molar-refractivity contribution in [1.29, 1.82) is 0 Å². The van der Waals surface area contributed by atoms with Gasteiger partial charge in [0.1, 0.15) is 5.82 Å². The fourth-order valence-electron chi connectivity index (χ4n) is 1.43. The molecule has 1 amide bonds. The van der Waals surface area contributed by atoms with Crippen molar-refractivity contribution in [1.82, 2.24) is 0 Å². The molecule has 0 saturated heterocycles. The van der Waals surface area contributed by atoms with E-state index in [1.54, 1.807) is 24.3 Å². The molecule has 5 heteroatoms. The van der Waals surface area contributed by atoms with E-state index in [2.05, 4.69) is 21.2 Å². The highest BCUT2D eigenvalue weighted by Gasteiger charge is 2.12. The van der Waals surface area contributed by atoms with Crippen LogP contribution in [-0.4, -0.2) is 5.91 Å². The second-order valence-electron chi connectivity index (χ2n) is 3.56. The molecule has 0 heterocycles. The lowest BCUT2D eigenvalue weighted by molar-refractivity contribution is 0.102. The Kier molecular flexibility index (Phi) is 3.99. The number of hydrogen-bond donors (Lipinski definition) is 1. The third-order valence-corrected chi connectivity index (χ3v) is 3.12. The van der Waals surface area contributed by atoms with Crippen molar-refractivity contribution >= 4 is 39.1 Å². The topological polar surface area (TPSA) is 29.1 Å². The highest BCUT2D eigenvalue weighted by molar-refractivity contribution is 9.10. The third-order valence-electron chi connectivity index (χ3n) is 2.30. The van der Waals surface area contributed by atoms with Gasteiger partial charge < -0.3 is 5.32 Å². The molecular formula is C13H8BrClFNO. The molecule has 2 aromatic carbocycles. The number of benzene rings is 2. The highest BCUT2D eigenvalue weighted by atomic mass is 79.9. The molecule has 2 aromatic rings. The molecule has 92 valence electrons. The average Bonchev–Trinajstić information content (AvgIpc) is 2.34. The zero-order chi connectivity index (χ0) is 13.1. The molecule has 0 radical (unpaired) electrons. The van der Waals surface area contributed by atoms with Gasteiger partial charge in [-0.25, -0.2) is 4.39 Å². The third kappa shape index (κ3) is 2.89. The Morgan fingerprint density at radius 3 is 2.67 bits per heavy atom. The maximum atomic E-state index is 13.4. The first-order valence-corrected chi connectivity index (χ1v) is 6.26. The molecule has 0 unspecified atom stereocenters. The Hall–Kier alpha value is -1.39. The lowest BCUT2D eigenvalue weighted by Gasteiger charge is -2.08. The van der Waals surface area contributed by atoms with Crippen LogP contribution in [0.3, 0.4) is 0 Å². The summed E-state index contributed by atoms with van der Waals surface area (Å²) in [7, 11) is 0. The van der Waals surface area contributed by atoms with Gasteiger partial charge in [-0.1, -0.05) is 39.7 Å². The number of nitrogens with one attached hydrogen (secondary N) is 1. The lowest BCUT2D eigenvalue weighted by Crippen LogP contribution is -2.13. The Morgan fingerprint density at radius 2 is 1.94 bits per heavy atom. The number of halogens is 3. The maximum Gasteiger partial charge on any atom is 0.258 e. The minimum Gasteiger partial charge on any atom is -0.321 e. The lowest BCUT2D eigenvalue weighted by atomic mass is 10.2. The molecule has 0 atom stereocenters. The fourth-order valence-corrected chi connectivity index (χ4v) is 1.95. The van der Waals surface area contributed by atoms with E-state index < -0.39 is 11.7 Å². The Labute approximate surface area is 117 Å². The van der Waals surface area contributed by atoms with Crippen molar-refractivity contribution in [2.24, 2.45) is 0 Å². The summed E-state index contributed by atoms with van der Waals surface area (Å²) >= 11 is 9.21. The van der Waals surface area contributed by atoms with Gasteiger partial charge in [0, 0.05) is 4.47 Å².